The molecule has 96 valence electrons. The van der Waals surface area contributed by atoms with Crippen molar-refractivity contribution >= 4 is 23.4 Å². The van der Waals surface area contributed by atoms with Crippen LogP contribution in [0.1, 0.15) is 24.2 Å². The summed E-state index contributed by atoms with van der Waals surface area (Å²) < 4.78 is 0. The third kappa shape index (κ3) is 3.58. The maximum atomic E-state index is 11.8. The number of para-hydroxylation sites is 1. The molecule has 1 aromatic rings. The molecule has 6 nitrogen and oxygen atoms in total. The highest BCUT2D eigenvalue weighted by atomic mass is 16.2. The number of nitrogens with one attached hydrogen (secondary N) is 2. The maximum absolute atomic E-state index is 11.8. The van der Waals surface area contributed by atoms with Crippen molar-refractivity contribution in [1.82, 2.24) is 5.32 Å². The van der Waals surface area contributed by atoms with Crippen molar-refractivity contribution in [1.29, 1.82) is 0 Å². The van der Waals surface area contributed by atoms with E-state index in [2.05, 4.69) is 10.6 Å². The number of hydrogen-bond donors (Lipinski definition) is 3. The van der Waals surface area contributed by atoms with Crippen molar-refractivity contribution < 1.29 is 14.4 Å². The highest BCUT2D eigenvalue weighted by molar-refractivity contribution is 6.39. The van der Waals surface area contributed by atoms with Gasteiger partial charge in [-0.2, -0.15) is 0 Å². The fourth-order valence-corrected chi connectivity index (χ4v) is 1.31. The minimum Gasteiger partial charge on any atom is -0.361 e. The Balaban J connectivity index is 2.96. The molecule has 0 aliphatic rings. The van der Waals surface area contributed by atoms with Crippen molar-refractivity contribution in [3.8, 4) is 0 Å². The van der Waals surface area contributed by atoms with Gasteiger partial charge in [0.2, 0.25) is 0 Å². The fraction of sp³-hybridized carbons (Fsp3) is 0.250. The summed E-state index contributed by atoms with van der Waals surface area (Å²) in [7, 11) is 0. The first-order valence-corrected chi connectivity index (χ1v) is 5.42. The third-order valence-electron chi connectivity index (χ3n) is 2.06. The average molecular weight is 249 g/mol. The summed E-state index contributed by atoms with van der Waals surface area (Å²) in [4.78, 5) is 33.7. The van der Waals surface area contributed by atoms with Crippen LogP contribution < -0.4 is 16.4 Å². The summed E-state index contributed by atoms with van der Waals surface area (Å²) in [5, 5.41) is 4.99. The van der Waals surface area contributed by atoms with Crippen molar-refractivity contribution in [2.75, 3.05) is 5.32 Å². The Bertz CT molecular complexity index is 483. The number of hydrogen-bond acceptors (Lipinski definition) is 3. The molecule has 0 atom stereocenters. The molecular weight excluding hydrogens is 234 g/mol. The second-order valence-corrected chi connectivity index (χ2v) is 3.99. The van der Waals surface area contributed by atoms with Crippen LogP contribution in [0.4, 0.5) is 5.69 Å². The SMILES string of the molecule is CC(C)NC(=O)c1ccccc1NC(=O)C(N)=O. The summed E-state index contributed by atoms with van der Waals surface area (Å²) in [6.07, 6.45) is 0. The molecule has 4 N–H and O–H groups in total. The molecule has 0 fully saturated rings. The van der Waals surface area contributed by atoms with Crippen LogP contribution in [0.2, 0.25) is 0 Å². The lowest BCUT2D eigenvalue weighted by molar-refractivity contribution is -0.134. The van der Waals surface area contributed by atoms with E-state index in [9.17, 15) is 14.4 Å². The van der Waals surface area contributed by atoms with Gasteiger partial charge in [-0.25, -0.2) is 0 Å². The van der Waals surface area contributed by atoms with Crippen LogP contribution in [0.15, 0.2) is 24.3 Å². The van der Waals surface area contributed by atoms with Gasteiger partial charge in [0.05, 0.1) is 11.3 Å². The summed E-state index contributed by atoms with van der Waals surface area (Å²) in [5.41, 5.74) is 5.37. The number of carbonyl (C=O) groups is 3. The molecule has 3 amide bonds. The molecule has 0 aliphatic heterocycles. The summed E-state index contributed by atoms with van der Waals surface area (Å²) >= 11 is 0. The number of amides is 3. The number of anilines is 1. The van der Waals surface area contributed by atoms with E-state index >= 15 is 0 Å². The molecule has 0 saturated heterocycles. The predicted molar refractivity (Wildman–Crippen MR) is 66.9 cm³/mol. The van der Waals surface area contributed by atoms with Gasteiger partial charge in [0.1, 0.15) is 0 Å². The molecule has 1 rings (SSSR count). The number of rotatable bonds is 3. The van der Waals surface area contributed by atoms with E-state index < -0.39 is 11.8 Å². The van der Waals surface area contributed by atoms with Crippen molar-refractivity contribution in [2.45, 2.75) is 19.9 Å². The predicted octanol–water partition coefficient (Wildman–Crippen LogP) is 0.249. The summed E-state index contributed by atoms with van der Waals surface area (Å²) in [6, 6.07) is 6.35. The van der Waals surface area contributed by atoms with Gasteiger partial charge in [-0.05, 0) is 26.0 Å². The Morgan fingerprint density at radius 3 is 2.33 bits per heavy atom. The van der Waals surface area contributed by atoms with E-state index in [1.807, 2.05) is 13.8 Å². The zero-order valence-corrected chi connectivity index (χ0v) is 10.2. The van der Waals surface area contributed by atoms with Gasteiger partial charge >= 0.3 is 11.8 Å². The second kappa shape index (κ2) is 5.81. The molecule has 0 bridgehead atoms. The number of benzene rings is 1. The lowest BCUT2D eigenvalue weighted by Gasteiger charge is -2.12. The van der Waals surface area contributed by atoms with Crippen molar-refractivity contribution in [2.24, 2.45) is 5.73 Å². The Morgan fingerprint density at radius 1 is 1.17 bits per heavy atom. The van der Waals surface area contributed by atoms with Crippen LogP contribution in [0.3, 0.4) is 0 Å². The smallest absolute Gasteiger partial charge is 0.313 e. The molecule has 0 saturated carbocycles. The molecule has 0 unspecified atom stereocenters. The minimum absolute atomic E-state index is 0.0302. The van der Waals surface area contributed by atoms with Crippen LogP contribution in [0, 0.1) is 0 Å². The van der Waals surface area contributed by atoms with Gasteiger partial charge in [-0.3, -0.25) is 14.4 Å². The minimum atomic E-state index is -1.10. The van der Waals surface area contributed by atoms with Gasteiger partial charge in [-0.1, -0.05) is 12.1 Å². The monoisotopic (exact) mass is 249 g/mol. The van der Waals surface area contributed by atoms with E-state index in [1.54, 1.807) is 18.2 Å². The number of primary amides is 1. The van der Waals surface area contributed by atoms with Gasteiger partial charge in [0.25, 0.3) is 5.91 Å². The van der Waals surface area contributed by atoms with Crippen LogP contribution in [-0.4, -0.2) is 23.8 Å². The second-order valence-electron chi connectivity index (χ2n) is 3.99. The van der Waals surface area contributed by atoms with E-state index in [0.717, 1.165) is 0 Å². The first kappa shape index (κ1) is 13.7. The van der Waals surface area contributed by atoms with Crippen LogP contribution in [0.25, 0.3) is 0 Å². The Hall–Kier alpha value is -2.37. The summed E-state index contributed by atoms with van der Waals surface area (Å²) in [6.45, 7) is 3.64. The molecule has 0 spiro atoms. The topological polar surface area (TPSA) is 101 Å². The lowest BCUT2D eigenvalue weighted by atomic mass is 10.1. The Morgan fingerprint density at radius 2 is 1.78 bits per heavy atom. The highest BCUT2D eigenvalue weighted by Gasteiger charge is 2.15. The van der Waals surface area contributed by atoms with E-state index in [1.165, 1.54) is 6.07 Å². The van der Waals surface area contributed by atoms with Crippen LogP contribution >= 0.6 is 0 Å². The number of carbonyl (C=O) groups excluding carboxylic acids is 3. The maximum Gasteiger partial charge on any atom is 0.313 e. The molecule has 6 heteroatoms. The standard InChI is InChI=1S/C12H15N3O3/c1-7(2)14-11(17)8-5-3-4-6-9(8)15-12(18)10(13)16/h3-7H,1-2H3,(H2,13,16)(H,14,17)(H,15,18). The zero-order chi connectivity index (χ0) is 13.7. The quantitative estimate of drug-likeness (QED) is 0.669. The van der Waals surface area contributed by atoms with Crippen molar-refractivity contribution in [3.63, 3.8) is 0 Å². The largest absolute Gasteiger partial charge is 0.361 e. The van der Waals surface area contributed by atoms with E-state index in [-0.39, 0.29) is 23.2 Å². The third-order valence-corrected chi connectivity index (χ3v) is 2.06. The Labute approximate surface area is 105 Å². The van der Waals surface area contributed by atoms with Gasteiger partial charge in [-0.15, -0.1) is 0 Å². The van der Waals surface area contributed by atoms with Gasteiger partial charge in [0.15, 0.2) is 0 Å². The van der Waals surface area contributed by atoms with Crippen molar-refractivity contribution in [3.05, 3.63) is 29.8 Å². The highest BCUT2D eigenvalue weighted by Crippen LogP contribution is 2.14. The first-order valence-electron chi connectivity index (χ1n) is 5.42. The average Bonchev–Trinajstić information content (AvgIpc) is 2.28. The molecular formula is C12H15N3O3. The number of nitrogens with two attached hydrogens (primary N) is 1. The normalized spacial score (nSPS) is 9.94. The molecule has 0 radical (unpaired) electrons. The molecule has 0 aromatic heterocycles. The summed E-state index contributed by atoms with van der Waals surface area (Å²) in [5.74, 6) is -2.39. The molecule has 18 heavy (non-hydrogen) atoms. The molecule has 0 heterocycles. The van der Waals surface area contributed by atoms with Gasteiger partial charge in [0, 0.05) is 6.04 Å². The Kier molecular flexibility index (Phi) is 4.42. The van der Waals surface area contributed by atoms with Crippen LogP contribution in [-0.2, 0) is 9.59 Å². The van der Waals surface area contributed by atoms with Gasteiger partial charge < -0.3 is 16.4 Å². The molecule has 1 aromatic carbocycles. The van der Waals surface area contributed by atoms with E-state index in [4.69, 9.17) is 5.73 Å². The fourth-order valence-electron chi connectivity index (χ4n) is 1.31. The lowest BCUT2D eigenvalue weighted by Crippen LogP contribution is -2.33. The van der Waals surface area contributed by atoms with E-state index in [0.29, 0.717) is 0 Å². The molecule has 0 aliphatic carbocycles. The first-order chi connectivity index (χ1) is 8.41. The van der Waals surface area contributed by atoms with Crippen LogP contribution in [0.5, 0.6) is 0 Å². The zero-order valence-electron chi connectivity index (χ0n) is 10.2.